The fraction of sp³-hybridized carbons (Fsp3) is 0.909. The molecule has 2 atom stereocenters. The van der Waals surface area contributed by atoms with Crippen molar-refractivity contribution in [1.29, 1.82) is 0 Å². The minimum Gasteiger partial charge on any atom is -0.352 e. The van der Waals surface area contributed by atoms with Crippen molar-refractivity contribution in [3.8, 4) is 0 Å². The standard InChI is InChI=1S/C11H21N3O/c1-14-5-3-10(8-14)13-11(15)6-9-2-4-12-7-9/h9-10,12H,2-8H2,1H3,(H,13,15). The lowest BCUT2D eigenvalue weighted by molar-refractivity contribution is -0.122. The van der Waals surface area contributed by atoms with Crippen LogP contribution in [-0.4, -0.2) is 50.1 Å². The number of amides is 1. The van der Waals surface area contributed by atoms with Gasteiger partial charge in [-0.3, -0.25) is 4.79 Å². The number of hydrogen-bond donors (Lipinski definition) is 2. The highest BCUT2D eigenvalue weighted by Gasteiger charge is 2.23. The molecule has 0 aromatic heterocycles. The van der Waals surface area contributed by atoms with E-state index >= 15 is 0 Å². The Balaban J connectivity index is 1.67. The zero-order valence-electron chi connectivity index (χ0n) is 9.46. The Morgan fingerprint density at radius 3 is 3.00 bits per heavy atom. The van der Waals surface area contributed by atoms with Crippen molar-refractivity contribution in [2.45, 2.75) is 25.3 Å². The van der Waals surface area contributed by atoms with Crippen molar-refractivity contribution >= 4 is 5.91 Å². The van der Waals surface area contributed by atoms with Gasteiger partial charge >= 0.3 is 0 Å². The summed E-state index contributed by atoms with van der Waals surface area (Å²) in [6, 6.07) is 0.386. The first-order valence-electron chi connectivity index (χ1n) is 5.92. The molecule has 15 heavy (non-hydrogen) atoms. The summed E-state index contributed by atoms with van der Waals surface area (Å²) in [5.41, 5.74) is 0. The molecule has 4 nitrogen and oxygen atoms in total. The predicted molar refractivity (Wildman–Crippen MR) is 59.6 cm³/mol. The zero-order valence-corrected chi connectivity index (χ0v) is 9.46. The van der Waals surface area contributed by atoms with Gasteiger partial charge in [0, 0.05) is 19.0 Å². The molecule has 2 rings (SSSR count). The van der Waals surface area contributed by atoms with Gasteiger partial charge in [-0.1, -0.05) is 0 Å². The van der Waals surface area contributed by atoms with E-state index in [1.54, 1.807) is 0 Å². The average molecular weight is 211 g/mol. The van der Waals surface area contributed by atoms with Crippen molar-refractivity contribution in [2.24, 2.45) is 5.92 Å². The molecule has 86 valence electrons. The molecule has 1 amide bonds. The topological polar surface area (TPSA) is 44.4 Å². The number of nitrogens with one attached hydrogen (secondary N) is 2. The summed E-state index contributed by atoms with van der Waals surface area (Å²) < 4.78 is 0. The van der Waals surface area contributed by atoms with E-state index < -0.39 is 0 Å². The molecule has 0 aromatic rings. The van der Waals surface area contributed by atoms with Crippen LogP contribution in [0.15, 0.2) is 0 Å². The van der Waals surface area contributed by atoms with Gasteiger partial charge in [0.05, 0.1) is 0 Å². The molecule has 2 N–H and O–H groups in total. The SMILES string of the molecule is CN1CCC(NC(=O)CC2CCNC2)C1. The van der Waals surface area contributed by atoms with Crippen molar-refractivity contribution in [3.05, 3.63) is 0 Å². The highest BCUT2D eigenvalue weighted by molar-refractivity contribution is 5.76. The molecule has 2 fully saturated rings. The lowest BCUT2D eigenvalue weighted by Crippen LogP contribution is -2.37. The van der Waals surface area contributed by atoms with E-state index in [-0.39, 0.29) is 5.91 Å². The Labute approximate surface area is 91.4 Å². The molecular weight excluding hydrogens is 190 g/mol. The summed E-state index contributed by atoms with van der Waals surface area (Å²) in [6.45, 7) is 4.20. The van der Waals surface area contributed by atoms with Crippen molar-refractivity contribution < 1.29 is 4.79 Å². The molecule has 0 saturated carbocycles. The molecule has 2 saturated heterocycles. The number of carbonyl (C=O) groups excluding carboxylic acids is 1. The summed E-state index contributed by atoms with van der Waals surface area (Å²) in [5, 5.41) is 6.42. The molecule has 0 radical (unpaired) electrons. The quantitative estimate of drug-likeness (QED) is 0.680. The van der Waals surface area contributed by atoms with Crippen LogP contribution in [0, 0.1) is 5.92 Å². The summed E-state index contributed by atoms with van der Waals surface area (Å²) in [4.78, 5) is 14.0. The molecular formula is C11H21N3O. The van der Waals surface area contributed by atoms with E-state index in [0.29, 0.717) is 18.4 Å². The van der Waals surface area contributed by atoms with Crippen molar-refractivity contribution in [2.75, 3.05) is 33.2 Å². The van der Waals surface area contributed by atoms with E-state index in [4.69, 9.17) is 0 Å². The van der Waals surface area contributed by atoms with E-state index in [2.05, 4.69) is 22.6 Å². The van der Waals surface area contributed by atoms with Crippen LogP contribution in [-0.2, 0) is 4.79 Å². The molecule has 0 aliphatic carbocycles. The molecule has 4 heteroatoms. The molecule has 2 heterocycles. The molecule has 0 spiro atoms. The monoisotopic (exact) mass is 211 g/mol. The van der Waals surface area contributed by atoms with Gasteiger partial charge in [0.1, 0.15) is 0 Å². The predicted octanol–water partition coefficient (Wildman–Crippen LogP) is -0.194. The zero-order chi connectivity index (χ0) is 10.7. The Morgan fingerprint density at radius 1 is 1.53 bits per heavy atom. The highest BCUT2D eigenvalue weighted by Crippen LogP contribution is 2.13. The maximum atomic E-state index is 11.7. The number of likely N-dealkylation sites (tertiary alicyclic amines) is 1. The second-order valence-electron chi connectivity index (χ2n) is 4.88. The smallest absolute Gasteiger partial charge is 0.220 e. The van der Waals surface area contributed by atoms with Crippen molar-refractivity contribution in [1.82, 2.24) is 15.5 Å². The third-order valence-electron chi connectivity index (χ3n) is 3.39. The molecule has 0 aromatic carbocycles. The second-order valence-corrected chi connectivity index (χ2v) is 4.88. The Morgan fingerprint density at radius 2 is 2.40 bits per heavy atom. The fourth-order valence-electron chi connectivity index (χ4n) is 2.49. The van der Waals surface area contributed by atoms with E-state index in [1.807, 2.05) is 0 Å². The third-order valence-corrected chi connectivity index (χ3v) is 3.39. The van der Waals surface area contributed by atoms with Gasteiger partial charge in [0.2, 0.25) is 5.91 Å². The summed E-state index contributed by atoms with van der Waals surface area (Å²) in [5.74, 6) is 0.799. The summed E-state index contributed by atoms with van der Waals surface area (Å²) >= 11 is 0. The highest BCUT2D eigenvalue weighted by atomic mass is 16.1. The first kappa shape index (κ1) is 10.9. The van der Waals surface area contributed by atoms with Gasteiger partial charge in [0.25, 0.3) is 0 Å². The number of carbonyl (C=O) groups is 1. The lowest BCUT2D eigenvalue weighted by atomic mass is 10.0. The number of rotatable bonds is 3. The maximum absolute atomic E-state index is 11.7. The van der Waals surface area contributed by atoms with Crippen LogP contribution in [0.5, 0.6) is 0 Å². The minimum atomic E-state index is 0.240. The summed E-state index contributed by atoms with van der Waals surface area (Å²) in [6.07, 6.45) is 2.95. The Hall–Kier alpha value is -0.610. The van der Waals surface area contributed by atoms with Gasteiger partial charge in [-0.05, 0) is 45.4 Å². The largest absolute Gasteiger partial charge is 0.352 e. The van der Waals surface area contributed by atoms with Gasteiger partial charge in [0.15, 0.2) is 0 Å². The first-order valence-corrected chi connectivity index (χ1v) is 5.92. The molecule has 2 unspecified atom stereocenters. The van der Waals surface area contributed by atoms with Gasteiger partial charge in [-0.15, -0.1) is 0 Å². The van der Waals surface area contributed by atoms with Crippen molar-refractivity contribution in [3.63, 3.8) is 0 Å². The third kappa shape index (κ3) is 3.18. The average Bonchev–Trinajstić information content (AvgIpc) is 2.77. The van der Waals surface area contributed by atoms with Crippen LogP contribution < -0.4 is 10.6 Å². The second kappa shape index (κ2) is 4.94. The van der Waals surface area contributed by atoms with E-state index in [1.165, 1.54) is 0 Å². The number of hydrogen-bond acceptors (Lipinski definition) is 3. The van der Waals surface area contributed by atoms with Crippen LogP contribution in [0.2, 0.25) is 0 Å². The van der Waals surface area contributed by atoms with Gasteiger partial charge in [-0.2, -0.15) is 0 Å². The van der Waals surface area contributed by atoms with Crippen LogP contribution in [0.4, 0.5) is 0 Å². The molecule has 0 bridgehead atoms. The van der Waals surface area contributed by atoms with Gasteiger partial charge in [-0.25, -0.2) is 0 Å². The number of likely N-dealkylation sites (N-methyl/N-ethyl adjacent to an activating group) is 1. The maximum Gasteiger partial charge on any atom is 0.220 e. The lowest BCUT2D eigenvalue weighted by Gasteiger charge is -2.14. The van der Waals surface area contributed by atoms with Crippen LogP contribution in [0.3, 0.4) is 0 Å². The van der Waals surface area contributed by atoms with Gasteiger partial charge < -0.3 is 15.5 Å². The van der Waals surface area contributed by atoms with Crippen LogP contribution in [0.1, 0.15) is 19.3 Å². The summed E-state index contributed by atoms with van der Waals surface area (Å²) in [7, 11) is 2.10. The normalized spacial score (nSPS) is 32.1. The van der Waals surface area contributed by atoms with E-state index in [0.717, 1.165) is 39.0 Å². The Kier molecular flexibility index (Phi) is 3.59. The number of nitrogens with zero attached hydrogens (tertiary/aromatic N) is 1. The van der Waals surface area contributed by atoms with Crippen LogP contribution in [0.25, 0.3) is 0 Å². The molecule has 2 aliphatic heterocycles. The molecule has 2 aliphatic rings. The first-order chi connectivity index (χ1) is 7.24. The fourth-order valence-corrected chi connectivity index (χ4v) is 2.49. The van der Waals surface area contributed by atoms with Crippen LogP contribution >= 0.6 is 0 Å². The Bertz CT molecular complexity index is 226. The minimum absolute atomic E-state index is 0.240. The van der Waals surface area contributed by atoms with E-state index in [9.17, 15) is 4.79 Å².